The van der Waals surface area contributed by atoms with Crippen LogP contribution in [-0.2, 0) is 25.6 Å². The van der Waals surface area contributed by atoms with E-state index in [-0.39, 0.29) is 53.5 Å². The highest BCUT2D eigenvalue weighted by Gasteiger charge is 2.38. The summed E-state index contributed by atoms with van der Waals surface area (Å²) < 4.78 is 32.6. The molecule has 1 aliphatic heterocycles. The van der Waals surface area contributed by atoms with Gasteiger partial charge in [-0.25, -0.2) is 4.39 Å². The van der Waals surface area contributed by atoms with Crippen LogP contribution in [0.25, 0.3) is 11.1 Å². The first-order chi connectivity index (χ1) is 21.1. The smallest absolute Gasteiger partial charge is 0.306 e. The summed E-state index contributed by atoms with van der Waals surface area (Å²) in [6.07, 6.45) is 4.03. The Labute approximate surface area is 260 Å². The largest absolute Gasteiger partial charge is 0.495 e. The second-order valence-electron chi connectivity index (χ2n) is 11.4. The number of amides is 1. The minimum absolute atomic E-state index is 0.0270. The van der Waals surface area contributed by atoms with Crippen LogP contribution in [0.2, 0.25) is 5.02 Å². The Bertz CT molecular complexity index is 1480. The molecule has 0 bridgehead atoms. The molecule has 1 amide bonds. The van der Waals surface area contributed by atoms with Gasteiger partial charge in [0.2, 0.25) is 5.91 Å². The van der Waals surface area contributed by atoms with Crippen LogP contribution in [0.1, 0.15) is 44.1 Å². The number of carbonyl (C=O) groups is 2. The van der Waals surface area contributed by atoms with E-state index in [1.54, 1.807) is 36.4 Å². The van der Waals surface area contributed by atoms with Crippen LogP contribution in [0.4, 0.5) is 16.1 Å². The topological polar surface area (TPSA) is 127 Å². The van der Waals surface area contributed by atoms with Crippen molar-refractivity contribution in [3.05, 3.63) is 46.7 Å². The SMILES string of the molecule is COc1ccc(Cl)cc1Nc1nc2c(F)cc(CC(=O)N3[C@H](COC4CCC(C(=O)O)CC4)CC[C@H]3CN(C)OC)cc2o1. The number of carboxylic acids is 1. The molecule has 11 nitrogen and oxygen atoms in total. The Morgan fingerprint density at radius 3 is 2.59 bits per heavy atom. The number of aliphatic carboxylic acids is 1. The van der Waals surface area contributed by atoms with Gasteiger partial charge >= 0.3 is 5.97 Å². The number of carbonyl (C=O) groups excluding carboxylic acids is 1. The molecule has 2 aromatic carbocycles. The highest BCUT2D eigenvalue weighted by atomic mass is 35.5. The van der Waals surface area contributed by atoms with E-state index >= 15 is 4.39 Å². The minimum Gasteiger partial charge on any atom is -0.495 e. The van der Waals surface area contributed by atoms with Gasteiger partial charge in [-0.2, -0.15) is 10.0 Å². The molecule has 0 radical (unpaired) electrons. The van der Waals surface area contributed by atoms with Crippen LogP contribution in [0.15, 0.2) is 34.7 Å². The number of ether oxygens (including phenoxy) is 2. The molecule has 3 aromatic rings. The fraction of sp³-hybridized carbons (Fsp3) is 0.516. The van der Waals surface area contributed by atoms with E-state index in [4.69, 9.17) is 30.3 Å². The van der Waals surface area contributed by atoms with Crippen LogP contribution >= 0.6 is 11.6 Å². The first-order valence-electron chi connectivity index (χ1n) is 14.8. The highest BCUT2D eigenvalue weighted by molar-refractivity contribution is 6.31. The normalized spacial score (nSPS) is 22.1. The number of carboxylic acid groups (broad SMARTS) is 1. The third kappa shape index (κ3) is 7.43. The molecule has 2 heterocycles. The van der Waals surface area contributed by atoms with Gasteiger partial charge in [-0.1, -0.05) is 11.6 Å². The van der Waals surface area contributed by atoms with Crippen molar-refractivity contribution in [1.82, 2.24) is 14.9 Å². The van der Waals surface area contributed by atoms with Crippen LogP contribution < -0.4 is 10.1 Å². The molecule has 1 aliphatic carbocycles. The monoisotopic (exact) mass is 632 g/mol. The number of fused-ring (bicyclic) bond motifs is 1. The number of hydrogen-bond acceptors (Lipinski definition) is 9. The Balaban J connectivity index is 1.29. The summed E-state index contributed by atoms with van der Waals surface area (Å²) in [7, 11) is 4.91. The Morgan fingerprint density at radius 1 is 1.14 bits per heavy atom. The van der Waals surface area contributed by atoms with Crippen molar-refractivity contribution in [2.24, 2.45) is 5.92 Å². The van der Waals surface area contributed by atoms with Crippen molar-refractivity contribution < 1.29 is 37.8 Å². The average Bonchev–Trinajstić information content (AvgIpc) is 3.60. The Morgan fingerprint density at radius 2 is 1.89 bits per heavy atom. The van der Waals surface area contributed by atoms with Crippen LogP contribution in [0.3, 0.4) is 0 Å². The molecule has 13 heteroatoms. The molecule has 1 aromatic heterocycles. The first kappa shape index (κ1) is 32.0. The summed E-state index contributed by atoms with van der Waals surface area (Å²) in [6, 6.07) is 7.75. The van der Waals surface area contributed by atoms with Crippen molar-refractivity contribution in [2.45, 2.75) is 63.1 Å². The lowest BCUT2D eigenvalue weighted by molar-refractivity contribution is -0.146. The lowest BCUT2D eigenvalue weighted by Gasteiger charge is -2.34. The van der Waals surface area contributed by atoms with Gasteiger partial charge in [0.05, 0.1) is 51.0 Å². The van der Waals surface area contributed by atoms with Crippen molar-refractivity contribution in [2.75, 3.05) is 39.7 Å². The lowest BCUT2D eigenvalue weighted by atomic mass is 9.87. The number of hydrogen-bond donors (Lipinski definition) is 2. The van der Waals surface area contributed by atoms with E-state index in [0.29, 0.717) is 60.9 Å². The predicted octanol–water partition coefficient (Wildman–Crippen LogP) is 5.43. The van der Waals surface area contributed by atoms with Gasteiger partial charge in [0.1, 0.15) is 11.3 Å². The number of aromatic nitrogens is 1. The second kappa shape index (κ2) is 14.1. The van der Waals surface area contributed by atoms with Crippen molar-refractivity contribution >= 4 is 46.3 Å². The zero-order chi connectivity index (χ0) is 31.4. The summed E-state index contributed by atoms with van der Waals surface area (Å²) in [5, 5.41) is 14.4. The third-order valence-corrected chi connectivity index (χ3v) is 8.74. The minimum atomic E-state index is -0.755. The molecule has 2 atom stereocenters. The number of likely N-dealkylation sites (tertiary alicyclic amines) is 1. The summed E-state index contributed by atoms with van der Waals surface area (Å²) >= 11 is 6.12. The van der Waals surface area contributed by atoms with Crippen LogP contribution in [0.5, 0.6) is 5.75 Å². The van der Waals surface area contributed by atoms with E-state index in [2.05, 4.69) is 10.3 Å². The maximum Gasteiger partial charge on any atom is 0.306 e. The summed E-state index contributed by atoms with van der Waals surface area (Å²) in [4.78, 5) is 36.5. The number of nitrogens with one attached hydrogen (secondary N) is 1. The third-order valence-electron chi connectivity index (χ3n) is 8.50. The number of hydroxylamine groups is 2. The molecular weight excluding hydrogens is 595 g/mol. The van der Waals surface area contributed by atoms with E-state index < -0.39 is 11.8 Å². The molecule has 0 unspecified atom stereocenters. The molecule has 2 N–H and O–H groups in total. The van der Waals surface area contributed by atoms with Gasteiger partial charge < -0.3 is 34.1 Å². The number of rotatable bonds is 12. The fourth-order valence-electron chi connectivity index (χ4n) is 6.16. The molecular formula is C31H38ClFN4O7. The molecule has 238 valence electrons. The number of anilines is 2. The Kier molecular flexibility index (Phi) is 10.2. The Hall–Kier alpha value is -3.45. The quantitative estimate of drug-likeness (QED) is 0.250. The number of halogens is 2. The summed E-state index contributed by atoms with van der Waals surface area (Å²) in [5.41, 5.74) is 1.20. The van der Waals surface area contributed by atoms with E-state index in [0.717, 1.165) is 12.8 Å². The molecule has 0 spiro atoms. The molecule has 2 fully saturated rings. The van der Waals surface area contributed by atoms with Gasteiger partial charge in [-0.3, -0.25) is 9.59 Å². The fourth-order valence-corrected chi connectivity index (χ4v) is 6.33. The maximum absolute atomic E-state index is 15.2. The first-order valence-corrected chi connectivity index (χ1v) is 15.1. The van der Waals surface area contributed by atoms with E-state index in [1.165, 1.54) is 13.2 Å². The van der Waals surface area contributed by atoms with E-state index in [9.17, 15) is 14.7 Å². The van der Waals surface area contributed by atoms with E-state index in [1.807, 2.05) is 11.9 Å². The van der Waals surface area contributed by atoms with Crippen molar-refractivity contribution in [3.8, 4) is 5.75 Å². The van der Waals surface area contributed by atoms with Crippen LogP contribution in [0, 0.1) is 11.7 Å². The van der Waals surface area contributed by atoms with Gasteiger partial charge in [0.15, 0.2) is 11.4 Å². The van der Waals surface area contributed by atoms with Crippen molar-refractivity contribution in [3.63, 3.8) is 0 Å². The number of methoxy groups -OCH3 is 1. The van der Waals surface area contributed by atoms with Gasteiger partial charge in [-0.05, 0) is 74.4 Å². The van der Waals surface area contributed by atoms with Gasteiger partial charge in [-0.15, -0.1) is 0 Å². The molecule has 1 saturated carbocycles. The summed E-state index contributed by atoms with van der Waals surface area (Å²) in [5.74, 6) is -1.32. The molecule has 2 aliphatic rings. The average molecular weight is 633 g/mol. The van der Waals surface area contributed by atoms with Gasteiger partial charge in [0.25, 0.3) is 6.01 Å². The van der Waals surface area contributed by atoms with Gasteiger partial charge in [0, 0.05) is 24.7 Å². The number of likely N-dealkylation sites (N-methyl/N-ethyl adjacent to an activating group) is 1. The zero-order valence-electron chi connectivity index (χ0n) is 25.1. The van der Waals surface area contributed by atoms with Crippen molar-refractivity contribution in [1.29, 1.82) is 0 Å². The number of oxazole rings is 1. The lowest BCUT2D eigenvalue weighted by Crippen LogP contribution is -2.48. The molecule has 44 heavy (non-hydrogen) atoms. The predicted molar refractivity (Wildman–Crippen MR) is 162 cm³/mol. The molecule has 1 saturated heterocycles. The molecule has 5 rings (SSSR count). The maximum atomic E-state index is 15.2. The zero-order valence-corrected chi connectivity index (χ0v) is 25.8. The standard InChI is InChI=1S/C31H38ClFN4O7/c1-36(42-3)16-21-7-8-22(17-43-23-9-4-19(5-10-23)30(39)40)37(21)28(38)14-18-12-24(33)29-27(13-18)44-31(35-29)34-25-15-20(32)6-11-26(25)41-2/h6,11-13,15,19,21-23H,4-5,7-10,14,16-17H2,1-3H3,(H,34,35)(H,39,40)/t19?,21-,22-,23?/m0/s1. The summed E-state index contributed by atoms with van der Waals surface area (Å²) in [6.45, 7) is 0.874. The highest BCUT2D eigenvalue weighted by Crippen LogP contribution is 2.33. The number of nitrogens with zero attached hydrogens (tertiary/aromatic N) is 3. The second-order valence-corrected chi connectivity index (χ2v) is 11.9. The number of benzene rings is 2. The van der Waals surface area contributed by atoms with Crippen LogP contribution in [-0.4, -0.2) is 84.5 Å².